The average Bonchev–Trinajstić information content (AvgIpc) is 3.00. The number of hydrogen-bond acceptors (Lipinski definition) is 6. The van der Waals surface area contributed by atoms with Crippen LogP contribution in [-0.2, 0) is 6.54 Å². The summed E-state index contributed by atoms with van der Waals surface area (Å²) in [5.74, 6) is 0.0305. The van der Waals surface area contributed by atoms with E-state index in [4.69, 9.17) is 0 Å². The quantitative estimate of drug-likeness (QED) is 0.690. The Labute approximate surface area is 156 Å². The van der Waals surface area contributed by atoms with Crippen molar-refractivity contribution in [3.05, 3.63) is 58.6 Å². The minimum absolute atomic E-state index is 0.352. The van der Waals surface area contributed by atoms with Gasteiger partial charge in [-0.25, -0.2) is 19.3 Å². The Morgan fingerprint density at radius 3 is 2.69 bits per heavy atom. The third kappa shape index (κ3) is 3.32. The average molecular weight is 369 g/mol. The maximum atomic E-state index is 14.9. The van der Waals surface area contributed by atoms with Gasteiger partial charge in [0.25, 0.3) is 0 Å². The molecule has 3 heterocycles. The van der Waals surface area contributed by atoms with E-state index in [2.05, 4.69) is 32.3 Å². The van der Waals surface area contributed by atoms with E-state index in [9.17, 15) is 4.39 Å². The molecule has 1 fully saturated rings. The summed E-state index contributed by atoms with van der Waals surface area (Å²) in [4.78, 5) is 17.1. The van der Waals surface area contributed by atoms with Gasteiger partial charge in [0.2, 0.25) is 0 Å². The number of thiazole rings is 1. The van der Waals surface area contributed by atoms with Crippen LogP contribution in [0.2, 0.25) is 0 Å². The van der Waals surface area contributed by atoms with Crippen molar-refractivity contribution in [1.82, 2.24) is 19.9 Å². The van der Waals surface area contributed by atoms with Crippen LogP contribution in [0.1, 0.15) is 10.7 Å². The number of aryl methyl sites for hydroxylation is 1. The van der Waals surface area contributed by atoms with Crippen molar-refractivity contribution >= 4 is 17.2 Å². The van der Waals surface area contributed by atoms with E-state index in [1.807, 2.05) is 42.2 Å². The SMILES string of the molecule is Cc1nc(CN(C)C2CN(c3ncnc(-c4ccccc4)c3F)C2)cs1. The summed E-state index contributed by atoms with van der Waals surface area (Å²) in [5, 5.41) is 3.18. The van der Waals surface area contributed by atoms with Gasteiger partial charge < -0.3 is 4.90 Å². The molecule has 0 aliphatic carbocycles. The Bertz CT molecular complexity index is 892. The predicted molar refractivity (Wildman–Crippen MR) is 102 cm³/mol. The Balaban J connectivity index is 1.44. The lowest BCUT2D eigenvalue weighted by Crippen LogP contribution is -2.58. The highest BCUT2D eigenvalue weighted by atomic mass is 32.1. The molecule has 7 heteroatoms. The second kappa shape index (κ2) is 7.09. The van der Waals surface area contributed by atoms with E-state index in [0.717, 1.165) is 35.9 Å². The zero-order valence-electron chi connectivity index (χ0n) is 14.8. The first-order valence-corrected chi connectivity index (χ1v) is 9.42. The Kier molecular flexibility index (Phi) is 4.65. The van der Waals surface area contributed by atoms with Crippen molar-refractivity contribution in [2.75, 3.05) is 25.0 Å². The molecule has 0 saturated carbocycles. The van der Waals surface area contributed by atoms with Gasteiger partial charge in [-0.3, -0.25) is 4.90 Å². The molecule has 1 aliphatic rings. The molecule has 0 atom stereocenters. The molecule has 0 spiro atoms. The zero-order valence-corrected chi connectivity index (χ0v) is 15.6. The highest BCUT2D eigenvalue weighted by molar-refractivity contribution is 7.09. The first kappa shape index (κ1) is 17.1. The molecule has 134 valence electrons. The lowest BCUT2D eigenvalue weighted by atomic mass is 10.1. The topological polar surface area (TPSA) is 45.2 Å². The van der Waals surface area contributed by atoms with Crippen LogP contribution >= 0.6 is 11.3 Å². The molecule has 1 aromatic carbocycles. The van der Waals surface area contributed by atoms with E-state index < -0.39 is 0 Å². The minimum atomic E-state index is -0.352. The second-order valence-corrected chi connectivity index (χ2v) is 7.62. The molecular weight excluding hydrogens is 349 g/mol. The van der Waals surface area contributed by atoms with Crippen LogP contribution in [0, 0.1) is 12.7 Å². The highest BCUT2D eigenvalue weighted by Gasteiger charge is 2.33. The number of aromatic nitrogens is 3. The van der Waals surface area contributed by atoms with Crippen molar-refractivity contribution in [2.45, 2.75) is 19.5 Å². The minimum Gasteiger partial charge on any atom is -0.351 e. The summed E-state index contributed by atoms with van der Waals surface area (Å²) in [5.41, 5.74) is 2.21. The predicted octanol–water partition coefficient (Wildman–Crippen LogP) is 3.37. The van der Waals surface area contributed by atoms with Gasteiger partial charge >= 0.3 is 0 Å². The largest absolute Gasteiger partial charge is 0.351 e. The third-order valence-electron chi connectivity index (χ3n) is 4.68. The first-order chi connectivity index (χ1) is 12.6. The second-order valence-electron chi connectivity index (χ2n) is 6.56. The zero-order chi connectivity index (χ0) is 18.1. The number of anilines is 1. The summed E-state index contributed by atoms with van der Waals surface area (Å²) >= 11 is 1.67. The lowest BCUT2D eigenvalue weighted by molar-refractivity contribution is 0.194. The highest BCUT2D eigenvalue weighted by Crippen LogP contribution is 2.29. The Morgan fingerprint density at radius 2 is 2.00 bits per heavy atom. The monoisotopic (exact) mass is 369 g/mol. The molecule has 1 aliphatic heterocycles. The van der Waals surface area contributed by atoms with Crippen molar-refractivity contribution in [3.8, 4) is 11.3 Å². The number of benzene rings is 1. The van der Waals surface area contributed by atoms with Gasteiger partial charge in [-0.15, -0.1) is 11.3 Å². The van der Waals surface area contributed by atoms with Gasteiger partial charge in [-0.05, 0) is 14.0 Å². The van der Waals surface area contributed by atoms with Gasteiger partial charge in [0.15, 0.2) is 11.6 Å². The van der Waals surface area contributed by atoms with Crippen LogP contribution in [0.3, 0.4) is 0 Å². The van der Waals surface area contributed by atoms with Crippen LogP contribution in [0.5, 0.6) is 0 Å². The Morgan fingerprint density at radius 1 is 1.23 bits per heavy atom. The maximum absolute atomic E-state index is 14.9. The summed E-state index contributed by atoms with van der Waals surface area (Å²) < 4.78 is 14.9. The Hall–Kier alpha value is -2.38. The van der Waals surface area contributed by atoms with Gasteiger partial charge in [-0.1, -0.05) is 30.3 Å². The van der Waals surface area contributed by atoms with Crippen LogP contribution in [0.4, 0.5) is 10.2 Å². The number of hydrogen-bond donors (Lipinski definition) is 0. The fraction of sp³-hybridized carbons (Fsp3) is 0.316. The fourth-order valence-electron chi connectivity index (χ4n) is 3.15. The van der Waals surface area contributed by atoms with E-state index in [1.165, 1.54) is 6.33 Å². The van der Waals surface area contributed by atoms with Crippen LogP contribution in [0.15, 0.2) is 42.0 Å². The van der Waals surface area contributed by atoms with Crippen molar-refractivity contribution in [1.29, 1.82) is 0 Å². The summed E-state index contributed by atoms with van der Waals surface area (Å²) in [7, 11) is 2.09. The number of likely N-dealkylation sites (N-methyl/N-ethyl adjacent to an activating group) is 1. The number of halogens is 1. The molecule has 0 N–H and O–H groups in total. The molecule has 0 radical (unpaired) electrons. The van der Waals surface area contributed by atoms with Crippen molar-refractivity contribution < 1.29 is 4.39 Å². The first-order valence-electron chi connectivity index (χ1n) is 8.54. The molecule has 2 aromatic heterocycles. The van der Waals surface area contributed by atoms with Gasteiger partial charge in [0.05, 0.1) is 10.7 Å². The maximum Gasteiger partial charge on any atom is 0.191 e. The molecule has 3 aromatic rings. The van der Waals surface area contributed by atoms with Crippen molar-refractivity contribution in [2.24, 2.45) is 0 Å². The normalized spacial score (nSPS) is 14.7. The number of rotatable bonds is 5. The molecule has 5 nitrogen and oxygen atoms in total. The lowest BCUT2D eigenvalue weighted by Gasteiger charge is -2.44. The van der Waals surface area contributed by atoms with E-state index in [-0.39, 0.29) is 5.82 Å². The molecule has 0 amide bonds. The van der Waals surface area contributed by atoms with E-state index in [0.29, 0.717) is 17.6 Å². The summed E-state index contributed by atoms with van der Waals surface area (Å²) in [6, 6.07) is 9.75. The third-order valence-corrected chi connectivity index (χ3v) is 5.50. The van der Waals surface area contributed by atoms with Gasteiger partial charge in [0.1, 0.15) is 12.0 Å². The fourth-order valence-corrected chi connectivity index (χ4v) is 3.75. The molecule has 1 saturated heterocycles. The molecule has 0 unspecified atom stereocenters. The van der Waals surface area contributed by atoms with Gasteiger partial charge in [0, 0.05) is 36.6 Å². The molecule has 0 bridgehead atoms. The smallest absolute Gasteiger partial charge is 0.191 e. The standard InChI is InChI=1S/C19H20FN5S/c1-13-23-15(11-26-13)8-24(2)16-9-25(10-16)19-17(20)18(21-12-22-19)14-6-4-3-5-7-14/h3-7,11-12,16H,8-10H2,1-2H3. The summed E-state index contributed by atoms with van der Waals surface area (Å²) in [6.45, 7) is 4.33. The van der Waals surface area contributed by atoms with Gasteiger partial charge in [-0.2, -0.15) is 0 Å². The van der Waals surface area contributed by atoms with E-state index in [1.54, 1.807) is 11.3 Å². The van der Waals surface area contributed by atoms with Crippen molar-refractivity contribution in [3.63, 3.8) is 0 Å². The summed E-state index contributed by atoms with van der Waals surface area (Å²) in [6.07, 6.45) is 1.44. The van der Waals surface area contributed by atoms with Crippen LogP contribution in [0.25, 0.3) is 11.3 Å². The van der Waals surface area contributed by atoms with E-state index >= 15 is 0 Å². The molecular formula is C19H20FN5S. The number of nitrogens with zero attached hydrogens (tertiary/aromatic N) is 5. The van der Waals surface area contributed by atoms with Crippen LogP contribution < -0.4 is 4.90 Å². The van der Waals surface area contributed by atoms with Crippen LogP contribution in [-0.4, -0.2) is 46.0 Å². The molecule has 4 rings (SSSR count). The molecule has 26 heavy (non-hydrogen) atoms.